The molecule has 1 saturated carbocycles. The Balaban J connectivity index is 1.93. The van der Waals surface area contributed by atoms with Crippen LogP contribution in [0.4, 0.5) is 5.69 Å². The van der Waals surface area contributed by atoms with Crippen molar-refractivity contribution in [3.63, 3.8) is 0 Å². The molecule has 0 saturated heterocycles. The number of hydrazine groups is 1. The predicted octanol–water partition coefficient (Wildman–Crippen LogP) is 2.67. The van der Waals surface area contributed by atoms with Gasteiger partial charge in [0, 0.05) is 17.8 Å². The van der Waals surface area contributed by atoms with Crippen LogP contribution in [0.15, 0.2) is 24.3 Å². The molecule has 0 aromatic heterocycles. The Labute approximate surface area is 114 Å². The molecular formula is C15H23N3O. The Hall–Kier alpha value is -1.55. The fourth-order valence-electron chi connectivity index (χ4n) is 2.87. The number of benzene rings is 1. The summed E-state index contributed by atoms with van der Waals surface area (Å²) in [6.45, 7) is 3.01. The summed E-state index contributed by atoms with van der Waals surface area (Å²) in [5.74, 6) is 5.31. The maximum absolute atomic E-state index is 12.1. The zero-order chi connectivity index (χ0) is 13.7. The zero-order valence-corrected chi connectivity index (χ0v) is 11.5. The molecule has 0 aliphatic heterocycles. The first-order valence-electron chi connectivity index (χ1n) is 7.04. The summed E-state index contributed by atoms with van der Waals surface area (Å²) in [5, 5.41) is 3.08. The predicted molar refractivity (Wildman–Crippen MR) is 77.8 cm³/mol. The lowest BCUT2D eigenvalue weighted by molar-refractivity contribution is 0.0929. The van der Waals surface area contributed by atoms with Crippen LogP contribution in [-0.2, 0) is 0 Å². The standard InChI is InChI=1S/C15H23N3O/c1-2-15(9-3-4-10-15)11-17-14(19)12-5-7-13(18-16)8-6-12/h5-8,18H,2-4,9-11,16H2,1H3,(H,17,19). The van der Waals surface area contributed by atoms with Crippen molar-refractivity contribution in [2.24, 2.45) is 11.3 Å². The average Bonchev–Trinajstić information content (AvgIpc) is 2.94. The van der Waals surface area contributed by atoms with Gasteiger partial charge >= 0.3 is 0 Å². The van der Waals surface area contributed by atoms with Gasteiger partial charge in [-0.3, -0.25) is 10.6 Å². The number of rotatable bonds is 5. The third-order valence-corrected chi connectivity index (χ3v) is 4.35. The van der Waals surface area contributed by atoms with Crippen LogP contribution in [-0.4, -0.2) is 12.5 Å². The number of hydrogen-bond acceptors (Lipinski definition) is 3. The molecule has 0 spiro atoms. The Morgan fingerprint density at radius 1 is 1.26 bits per heavy atom. The van der Waals surface area contributed by atoms with E-state index in [1.807, 2.05) is 0 Å². The molecule has 0 bridgehead atoms. The second-order valence-electron chi connectivity index (χ2n) is 5.47. The first-order chi connectivity index (χ1) is 9.19. The van der Waals surface area contributed by atoms with Gasteiger partial charge in [0.25, 0.3) is 5.91 Å². The number of carbonyl (C=O) groups is 1. The van der Waals surface area contributed by atoms with Crippen LogP contribution in [0.5, 0.6) is 0 Å². The van der Waals surface area contributed by atoms with Crippen molar-refractivity contribution in [3.8, 4) is 0 Å². The van der Waals surface area contributed by atoms with Crippen LogP contribution in [0.1, 0.15) is 49.4 Å². The summed E-state index contributed by atoms with van der Waals surface area (Å²) >= 11 is 0. The lowest BCUT2D eigenvalue weighted by Gasteiger charge is -2.27. The van der Waals surface area contributed by atoms with Gasteiger partial charge in [-0.05, 0) is 48.9 Å². The van der Waals surface area contributed by atoms with Gasteiger partial charge in [-0.25, -0.2) is 0 Å². The summed E-state index contributed by atoms with van der Waals surface area (Å²) < 4.78 is 0. The quantitative estimate of drug-likeness (QED) is 0.564. The molecule has 104 valence electrons. The van der Waals surface area contributed by atoms with Gasteiger partial charge in [0.2, 0.25) is 0 Å². The van der Waals surface area contributed by atoms with E-state index in [-0.39, 0.29) is 5.91 Å². The van der Waals surface area contributed by atoms with Crippen LogP contribution in [0, 0.1) is 5.41 Å². The summed E-state index contributed by atoms with van der Waals surface area (Å²) in [7, 11) is 0. The minimum Gasteiger partial charge on any atom is -0.351 e. The van der Waals surface area contributed by atoms with E-state index in [2.05, 4.69) is 17.7 Å². The molecule has 1 aliphatic carbocycles. The lowest BCUT2D eigenvalue weighted by Crippen LogP contribution is -2.35. The van der Waals surface area contributed by atoms with E-state index in [1.165, 1.54) is 25.7 Å². The van der Waals surface area contributed by atoms with Gasteiger partial charge in [0.1, 0.15) is 0 Å². The Morgan fingerprint density at radius 3 is 2.42 bits per heavy atom. The van der Waals surface area contributed by atoms with Gasteiger partial charge in [-0.2, -0.15) is 0 Å². The molecule has 2 rings (SSSR count). The Bertz CT molecular complexity index is 422. The molecule has 4 nitrogen and oxygen atoms in total. The summed E-state index contributed by atoms with van der Waals surface area (Å²) in [4.78, 5) is 12.1. The number of amides is 1. The molecule has 4 heteroatoms. The lowest BCUT2D eigenvalue weighted by atomic mass is 9.83. The number of carbonyl (C=O) groups excluding carboxylic acids is 1. The number of nitrogens with two attached hydrogens (primary N) is 1. The van der Waals surface area contributed by atoms with Crippen molar-refractivity contribution in [2.45, 2.75) is 39.0 Å². The topological polar surface area (TPSA) is 67.2 Å². The first kappa shape index (κ1) is 13.9. The molecule has 1 aromatic rings. The van der Waals surface area contributed by atoms with Crippen LogP contribution in [0.2, 0.25) is 0 Å². The summed E-state index contributed by atoms with van der Waals surface area (Å²) in [6.07, 6.45) is 6.20. The van der Waals surface area contributed by atoms with Gasteiger partial charge < -0.3 is 10.7 Å². The molecule has 0 radical (unpaired) electrons. The normalized spacial score (nSPS) is 17.2. The monoisotopic (exact) mass is 261 g/mol. The molecule has 19 heavy (non-hydrogen) atoms. The van der Waals surface area contributed by atoms with E-state index in [0.717, 1.165) is 18.7 Å². The van der Waals surface area contributed by atoms with Crippen molar-refractivity contribution in [1.29, 1.82) is 0 Å². The third-order valence-electron chi connectivity index (χ3n) is 4.35. The van der Waals surface area contributed by atoms with Crippen LogP contribution in [0.3, 0.4) is 0 Å². The van der Waals surface area contributed by atoms with E-state index in [9.17, 15) is 4.79 Å². The van der Waals surface area contributed by atoms with Crippen LogP contribution < -0.4 is 16.6 Å². The highest BCUT2D eigenvalue weighted by Gasteiger charge is 2.32. The Morgan fingerprint density at radius 2 is 1.89 bits per heavy atom. The highest BCUT2D eigenvalue weighted by atomic mass is 16.1. The number of hydrogen-bond donors (Lipinski definition) is 3. The number of nitrogens with one attached hydrogen (secondary N) is 2. The molecule has 0 heterocycles. The number of anilines is 1. The fraction of sp³-hybridized carbons (Fsp3) is 0.533. The number of nitrogen functional groups attached to an aromatic ring is 1. The molecule has 1 aliphatic rings. The van der Waals surface area contributed by atoms with Crippen molar-refractivity contribution >= 4 is 11.6 Å². The molecule has 1 aromatic carbocycles. The summed E-state index contributed by atoms with van der Waals surface area (Å²) in [6, 6.07) is 7.19. The molecule has 4 N–H and O–H groups in total. The first-order valence-corrected chi connectivity index (χ1v) is 7.04. The zero-order valence-electron chi connectivity index (χ0n) is 11.5. The Kier molecular flexibility index (Phi) is 4.43. The SMILES string of the molecule is CCC1(CNC(=O)c2ccc(NN)cc2)CCCC1. The van der Waals surface area contributed by atoms with Crippen molar-refractivity contribution in [1.82, 2.24) is 5.32 Å². The van der Waals surface area contributed by atoms with Crippen molar-refractivity contribution < 1.29 is 4.79 Å². The van der Waals surface area contributed by atoms with Crippen LogP contribution >= 0.6 is 0 Å². The van der Waals surface area contributed by atoms with Crippen molar-refractivity contribution in [2.75, 3.05) is 12.0 Å². The third kappa shape index (κ3) is 3.26. The van der Waals surface area contributed by atoms with Crippen molar-refractivity contribution in [3.05, 3.63) is 29.8 Å². The molecular weight excluding hydrogens is 238 g/mol. The van der Waals surface area contributed by atoms with E-state index >= 15 is 0 Å². The highest BCUT2D eigenvalue weighted by molar-refractivity contribution is 5.94. The molecule has 1 amide bonds. The second-order valence-corrected chi connectivity index (χ2v) is 5.47. The van der Waals surface area contributed by atoms with Gasteiger partial charge in [-0.15, -0.1) is 0 Å². The smallest absolute Gasteiger partial charge is 0.251 e. The van der Waals surface area contributed by atoms with E-state index in [4.69, 9.17) is 5.84 Å². The minimum absolute atomic E-state index is 0.00305. The maximum Gasteiger partial charge on any atom is 0.251 e. The van der Waals surface area contributed by atoms with Crippen LogP contribution in [0.25, 0.3) is 0 Å². The average molecular weight is 261 g/mol. The van der Waals surface area contributed by atoms with E-state index < -0.39 is 0 Å². The van der Waals surface area contributed by atoms with Gasteiger partial charge in [-0.1, -0.05) is 19.8 Å². The molecule has 1 fully saturated rings. The fourth-order valence-corrected chi connectivity index (χ4v) is 2.87. The van der Waals surface area contributed by atoms with Gasteiger partial charge in [0.05, 0.1) is 0 Å². The maximum atomic E-state index is 12.1. The molecule has 0 atom stereocenters. The van der Waals surface area contributed by atoms with Gasteiger partial charge in [0.15, 0.2) is 0 Å². The van der Waals surface area contributed by atoms with E-state index in [1.54, 1.807) is 24.3 Å². The largest absolute Gasteiger partial charge is 0.351 e. The minimum atomic E-state index is 0.00305. The molecule has 0 unspecified atom stereocenters. The highest BCUT2D eigenvalue weighted by Crippen LogP contribution is 2.40. The summed E-state index contributed by atoms with van der Waals surface area (Å²) in [5.41, 5.74) is 4.37. The van der Waals surface area contributed by atoms with E-state index in [0.29, 0.717) is 11.0 Å². The second kappa shape index (κ2) is 6.06.